The van der Waals surface area contributed by atoms with Crippen LogP contribution in [-0.4, -0.2) is 10.7 Å². The minimum atomic E-state index is -0.893. The standard InChI is InChI=1S/C17H24O/c1-5-14(3)13-17(4,18)12-11-16-10-8-7-9-15(16)6-2/h7-10,14,18H,5-6,13H2,1-4H3. The highest BCUT2D eigenvalue weighted by molar-refractivity contribution is 5.42. The van der Waals surface area contributed by atoms with Crippen molar-refractivity contribution in [2.24, 2.45) is 5.92 Å². The van der Waals surface area contributed by atoms with Crippen LogP contribution in [-0.2, 0) is 6.42 Å². The third kappa shape index (κ3) is 4.55. The highest BCUT2D eigenvalue weighted by Crippen LogP contribution is 2.18. The zero-order chi connectivity index (χ0) is 13.6. The summed E-state index contributed by atoms with van der Waals surface area (Å²) in [5.41, 5.74) is 1.38. The summed E-state index contributed by atoms with van der Waals surface area (Å²) in [6, 6.07) is 8.13. The molecule has 1 rings (SSSR count). The number of benzene rings is 1. The molecule has 1 heteroatoms. The summed E-state index contributed by atoms with van der Waals surface area (Å²) in [5, 5.41) is 10.3. The minimum absolute atomic E-state index is 0.496. The molecule has 0 aliphatic rings. The fraction of sp³-hybridized carbons (Fsp3) is 0.529. The minimum Gasteiger partial charge on any atom is -0.378 e. The predicted molar refractivity (Wildman–Crippen MR) is 77.4 cm³/mol. The van der Waals surface area contributed by atoms with Crippen molar-refractivity contribution in [2.45, 2.75) is 52.6 Å². The van der Waals surface area contributed by atoms with Gasteiger partial charge in [-0.25, -0.2) is 0 Å². The van der Waals surface area contributed by atoms with Crippen molar-refractivity contribution in [1.29, 1.82) is 0 Å². The Morgan fingerprint density at radius 2 is 1.94 bits per heavy atom. The molecule has 0 aliphatic carbocycles. The maximum absolute atomic E-state index is 10.3. The Morgan fingerprint density at radius 1 is 1.28 bits per heavy atom. The molecular formula is C17H24O. The van der Waals surface area contributed by atoms with E-state index >= 15 is 0 Å². The van der Waals surface area contributed by atoms with Crippen LogP contribution in [0.2, 0.25) is 0 Å². The van der Waals surface area contributed by atoms with Gasteiger partial charge in [0.15, 0.2) is 0 Å². The van der Waals surface area contributed by atoms with E-state index in [9.17, 15) is 5.11 Å². The van der Waals surface area contributed by atoms with E-state index in [0.29, 0.717) is 5.92 Å². The van der Waals surface area contributed by atoms with E-state index in [-0.39, 0.29) is 0 Å². The Labute approximate surface area is 111 Å². The molecule has 0 radical (unpaired) electrons. The lowest BCUT2D eigenvalue weighted by atomic mass is 9.91. The normalized spacial score (nSPS) is 15.4. The van der Waals surface area contributed by atoms with Crippen LogP contribution in [0.25, 0.3) is 0 Å². The summed E-state index contributed by atoms with van der Waals surface area (Å²) < 4.78 is 0. The van der Waals surface area contributed by atoms with Gasteiger partial charge in [-0.3, -0.25) is 0 Å². The summed E-state index contributed by atoms with van der Waals surface area (Å²) in [6.45, 7) is 8.22. The van der Waals surface area contributed by atoms with Gasteiger partial charge in [-0.15, -0.1) is 0 Å². The molecule has 0 fully saturated rings. The van der Waals surface area contributed by atoms with E-state index < -0.39 is 5.60 Å². The van der Waals surface area contributed by atoms with Crippen LogP contribution in [0.1, 0.15) is 51.7 Å². The monoisotopic (exact) mass is 244 g/mol. The Hall–Kier alpha value is -1.26. The van der Waals surface area contributed by atoms with E-state index in [1.807, 2.05) is 18.2 Å². The van der Waals surface area contributed by atoms with E-state index in [0.717, 1.165) is 24.8 Å². The molecule has 0 heterocycles. The van der Waals surface area contributed by atoms with Gasteiger partial charge < -0.3 is 5.11 Å². The van der Waals surface area contributed by atoms with Gasteiger partial charge >= 0.3 is 0 Å². The third-order valence-corrected chi connectivity index (χ3v) is 3.31. The summed E-state index contributed by atoms with van der Waals surface area (Å²) >= 11 is 0. The molecule has 1 aromatic carbocycles. The molecular weight excluding hydrogens is 220 g/mol. The Morgan fingerprint density at radius 3 is 2.56 bits per heavy atom. The van der Waals surface area contributed by atoms with Gasteiger partial charge in [0.05, 0.1) is 0 Å². The second kappa shape index (κ2) is 6.61. The summed E-state index contributed by atoms with van der Waals surface area (Å²) in [6.07, 6.45) is 2.77. The van der Waals surface area contributed by atoms with Crippen LogP contribution in [0, 0.1) is 17.8 Å². The predicted octanol–water partition coefficient (Wildman–Crippen LogP) is 3.79. The zero-order valence-corrected chi connectivity index (χ0v) is 12.0. The van der Waals surface area contributed by atoms with Gasteiger partial charge in [0.2, 0.25) is 0 Å². The maximum atomic E-state index is 10.3. The van der Waals surface area contributed by atoms with Crippen molar-refractivity contribution in [3.8, 4) is 11.8 Å². The molecule has 2 atom stereocenters. The molecule has 0 aliphatic heterocycles. The van der Waals surface area contributed by atoms with Crippen molar-refractivity contribution in [1.82, 2.24) is 0 Å². The highest BCUT2D eigenvalue weighted by atomic mass is 16.3. The summed E-state index contributed by atoms with van der Waals surface area (Å²) in [4.78, 5) is 0. The van der Waals surface area contributed by atoms with Crippen LogP contribution in [0.5, 0.6) is 0 Å². The van der Waals surface area contributed by atoms with E-state index in [1.165, 1.54) is 5.56 Å². The third-order valence-electron chi connectivity index (χ3n) is 3.31. The van der Waals surface area contributed by atoms with Crippen LogP contribution >= 0.6 is 0 Å². The first-order valence-corrected chi connectivity index (χ1v) is 6.82. The highest BCUT2D eigenvalue weighted by Gasteiger charge is 2.19. The fourth-order valence-corrected chi connectivity index (χ4v) is 2.03. The van der Waals surface area contributed by atoms with Crippen molar-refractivity contribution >= 4 is 0 Å². The lowest BCUT2D eigenvalue weighted by Crippen LogP contribution is -2.24. The molecule has 0 aromatic heterocycles. The molecule has 0 amide bonds. The average Bonchev–Trinajstić information content (AvgIpc) is 2.36. The van der Waals surface area contributed by atoms with Gasteiger partial charge in [-0.2, -0.15) is 0 Å². The Kier molecular flexibility index (Phi) is 5.44. The molecule has 1 N–H and O–H groups in total. The molecule has 98 valence electrons. The van der Waals surface area contributed by atoms with Crippen molar-refractivity contribution in [3.05, 3.63) is 35.4 Å². The SMILES string of the molecule is CCc1ccccc1C#CC(C)(O)CC(C)CC. The van der Waals surface area contributed by atoms with Crippen LogP contribution in [0.3, 0.4) is 0 Å². The molecule has 1 aromatic rings. The zero-order valence-electron chi connectivity index (χ0n) is 12.0. The van der Waals surface area contributed by atoms with Crippen LogP contribution in [0.15, 0.2) is 24.3 Å². The van der Waals surface area contributed by atoms with Crippen molar-refractivity contribution in [3.63, 3.8) is 0 Å². The van der Waals surface area contributed by atoms with E-state index in [1.54, 1.807) is 6.92 Å². The second-order valence-electron chi connectivity index (χ2n) is 5.25. The van der Waals surface area contributed by atoms with E-state index in [4.69, 9.17) is 0 Å². The number of aryl methyl sites for hydroxylation is 1. The number of aliphatic hydroxyl groups is 1. The molecule has 0 spiro atoms. The first-order valence-electron chi connectivity index (χ1n) is 6.82. The largest absolute Gasteiger partial charge is 0.378 e. The molecule has 0 saturated carbocycles. The quantitative estimate of drug-likeness (QED) is 0.799. The molecule has 0 bridgehead atoms. The Balaban J connectivity index is 2.86. The van der Waals surface area contributed by atoms with Gasteiger partial charge in [0.1, 0.15) is 5.60 Å². The summed E-state index contributed by atoms with van der Waals surface area (Å²) in [5.74, 6) is 6.65. The molecule has 18 heavy (non-hydrogen) atoms. The van der Waals surface area contributed by atoms with Crippen molar-refractivity contribution in [2.75, 3.05) is 0 Å². The molecule has 0 saturated heterocycles. The lowest BCUT2D eigenvalue weighted by molar-refractivity contribution is 0.0939. The van der Waals surface area contributed by atoms with Gasteiger partial charge in [0.25, 0.3) is 0 Å². The lowest BCUT2D eigenvalue weighted by Gasteiger charge is -2.20. The number of rotatable bonds is 4. The molecule has 2 unspecified atom stereocenters. The smallest absolute Gasteiger partial charge is 0.123 e. The van der Waals surface area contributed by atoms with E-state index in [2.05, 4.69) is 38.7 Å². The molecule has 1 nitrogen and oxygen atoms in total. The second-order valence-corrected chi connectivity index (χ2v) is 5.25. The number of hydrogen-bond acceptors (Lipinski definition) is 1. The van der Waals surface area contributed by atoms with Gasteiger partial charge in [-0.1, -0.05) is 57.2 Å². The van der Waals surface area contributed by atoms with Gasteiger partial charge in [-0.05, 0) is 37.3 Å². The summed E-state index contributed by atoms with van der Waals surface area (Å²) in [7, 11) is 0. The average molecular weight is 244 g/mol. The van der Waals surface area contributed by atoms with Crippen molar-refractivity contribution < 1.29 is 5.11 Å². The maximum Gasteiger partial charge on any atom is 0.123 e. The first kappa shape index (κ1) is 14.8. The van der Waals surface area contributed by atoms with Crippen LogP contribution < -0.4 is 0 Å². The Bertz CT molecular complexity index is 434. The van der Waals surface area contributed by atoms with Gasteiger partial charge in [0, 0.05) is 5.56 Å². The first-order chi connectivity index (χ1) is 8.48. The number of hydrogen-bond donors (Lipinski definition) is 1. The van der Waals surface area contributed by atoms with Crippen LogP contribution in [0.4, 0.5) is 0 Å². The topological polar surface area (TPSA) is 20.2 Å². The fourth-order valence-electron chi connectivity index (χ4n) is 2.03.